The minimum Gasteiger partial charge on any atom is -0.496 e. The van der Waals surface area contributed by atoms with Gasteiger partial charge in [-0.3, -0.25) is 9.52 Å². The third kappa shape index (κ3) is 5.17. The molecule has 0 fully saturated rings. The number of anilines is 1. The first-order valence-corrected chi connectivity index (χ1v) is 11.1. The molecular weight excluding hydrogens is 475 g/mol. The molecule has 0 aliphatic heterocycles. The molecule has 0 saturated heterocycles. The lowest BCUT2D eigenvalue weighted by Gasteiger charge is -2.11. The standard InChI is InChI=1S/C21H18BrFN2O4S/c1-29-20-10-9-16(12-18(20)22)25-30(27,28)17-7-4-6-14(11-17)21(26)24-13-15-5-2-3-8-19(15)23/h2-12,25H,13H2,1H3,(H,24,26). The number of ether oxygens (including phenoxy) is 1. The first-order valence-electron chi connectivity index (χ1n) is 8.78. The van der Waals surface area contributed by atoms with Crippen molar-refractivity contribution in [2.45, 2.75) is 11.4 Å². The highest BCUT2D eigenvalue weighted by Crippen LogP contribution is 2.29. The summed E-state index contributed by atoms with van der Waals surface area (Å²) < 4.78 is 47.3. The van der Waals surface area contributed by atoms with E-state index in [1.54, 1.807) is 36.4 Å². The fraction of sp³-hybridized carbons (Fsp3) is 0.0952. The zero-order valence-corrected chi connectivity index (χ0v) is 18.3. The fourth-order valence-corrected chi connectivity index (χ4v) is 4.30. The predicted octanol–water partition coefficient (Wildman–Crippen LogP) is 4.33. The van der Waals surface area contributed by atoms with Gasteiger partial charge in [-0.1, -0.05) is 24.3 Å². The summed E-state index contributed by atoms with van der Waals surface area (Å²) in [7, 11) is -2.42. The molecule has 0 aliphatic rings. The van der Waals surface area contributed by atoms with Gasteiger partial charge in [0, 0.05) is 17.7 Å². The molecule has 9 heteroatoms. The van der Waals surface area contributed by atoms with Gasteiger partial charge in [-0.05, 0) is 58.4 Å². The van der Waals surface area contributed by atoms with Crippen LogP contribution in [-0.4, -0.2) is 21.4 Å². The molecule has 6 nitrogen and oxygen atoms in total. The SMILES string of the molecule is COc1ccc(NS(=O)(=O)c2cccc(C(=O)NCc3ccccc3F)c2)cc1Br. The van der Waals surface area contributed by atoms with E-state index >= 15 is 0 Å². The van der Waals surface area contributed by atoms with Crippen molar-refractivity contribution in [1.82, 2.24) is 5.32 Å². The maximum absolute atomic E-state index is 13.7. The number of amides is 1. The fourth-order valence-electron chi connectivity index (χ4n) is 2.67. The third-order valence-corrected chi connectivity index (χ3v) is 6.21. The van der Waals surface area contributed by atoms with Gasteiger partial charge in [-0.2, -0.15) is 0 Å². The molecule has 0 radical (unpaired) electrons. The maximum Gasteiger partial charge on any atom is 0.261 e. The number of carbonyl (C=O) groups excluding carboxylic acids is 1. The van der Waals surface area contributed by atoms with Crippen molar-refractivity contribution in [1.29, 1.82) is 0 Å². The van der Waals surface area contributed by atoms with Gasteiger partial charge in [0.2, 0.25) is 0 Å². The summed E-state index contributed by atoms with van der Waals surface area (Å²) in [5.74, 6) is -0.377. The van der Waals surface area contributed by atoms with Crippen LogP contribution in [0.3, 0.4) is 0 Å². The summed E-state index contributed by atoms with van der Waals surface area (Å²) in [6, 6.07) is 16.4. The summed E-state index contributed by atoms with van der Waals surface area (Å²) in [5, 5.41) is 2.59. The Balaban J connectivity index is 1.75. The summed E-state index contributed by atoms with van der Waals surface area (Å²) >= 11 is 3.30. The molecular formula is C21H18BrFN2O4S. The molecule has 3 rings (SSSR count). The zero-order valence-electron chi connectivity index (χ0n) is 15.9. The Labute approximate surface area is 182 Å². The molecule has 2 N–H and O–H groups in total. The van der Waals surface area contributed by atoms with E-state index in [-0.39, 0.29) is 17.0 Å². The Kier molecular flexibility index (Phi) is 6.73. The first-order chi connectivity index (χ1) is 14.3. The quantitative estimate of drug-likeness (QED) is 0.514. The van der Waals surface area contributed by atoms with Gasteiger partial charge >= 0.3 is 0 Å². The van der Waals surface area contributed by atoms with Gasteiger partial charge in [0.25, 0.3) is 15.9 Å². The van der Waals surface area contributed by atoms with Gasteiger partial charge in [0.05, 0.1) is 22.2 Å². The normalized spacial score (nSPS) is 11.0. The minimum absolute atomic E-state index is 0.0133. The van der Waals surface area contributed by atoms with E-state index in [0.717, 1.165) is 0 Å². The van der Waals surface area contributed by atoms with Crippen LogP contribution in [0.25, 0.3) is 0 Å². The highest BCUT2D eigenvalue weighted by molar-refractivity contribution is 9.10. The van der Waals surface area contributed by atoms with E-state index in [1.807, 2.05) is 0 Å². The van der Waals surface area contributed by atoms with Gasteiger partial charge < -0.3 is 10.1 Å². The topological polar surface area (TPSA) is 84.5 Å². The number of carbonyl (C=O) groups is 1. The average molecular weight is 493 g/mol. The number of hydrogen-bond acceptors (Lipinski definition) is 4. The number of sulfonamides is 1. The molecule has 30 heavy (non-hydrogen) atoms. The monoisotopic (exact) mass is 492 g/mol. The lowest BCUT2D eigenvalue weighted by molar-refractivity contribution is 0.0950. The average Bonchev–Trinajstić information content (AvgIpc) is 2.73. The van der Waals surface area contributed by atoms with E-state index in [0.29, 0.717) is 21.5 Å². The first kappa shape index (κ1) is 21.8. The van der Waals surface area contributed by atoms with Crippen molar-refractivity contribution in [3.63, 3.8) is 0 Å². The number of rotatable bonds is 7. The van der Waals surface area contributed by atoms with Crippen molar-refractivity contribution in [2.24, 2.45) is 0 Å². The third-order valence-electron chi connectivity index (χ3n) is 4.21. The molecule has 3 aromatic carbocycles. The van der Waals surface area contributed by atoms with E-state index < -0.39 is 21.7 Å². The number of benzene rings is 3. The molecule has 156 valence electrons. The Morgan fingerprint density at radius 3 is 2.53 bits per heavy atom. The molecule has 0 heterocycles. The lowest BCUT2D eigenvalue weighted by atomic mass is 10.2. The number of nitrogens with one attached hydrogen (secondary N) is 2. The number of methoxy groups -OCH3 is 1. The smallest absolute Gasteiger partial charge is 0.261 e. The van der Waals surface area contributed by atoms with Crippen LogP contribution in [0.15, 0.2) is 76.1 Å². The highest BCUT2D eigenvalue weighted by atomic mass is 79.9. The van der Waals surface area contributed by atoms with Gasteiger partial charge in [0.15, 0.2) is 0 Å². The second kappa shape index (κ2) is 9.27. The van der Waals surface area contributed by atoms with Crippen molar-refractivity contribution in [3.05, 3.63) is 88.1 Å². The van der Waals surface area contributed by atoms with E-state index in [9.17, 15) is 17.6 Å². The van der Waals surface area contributed by atoms with Crippen molar-refractivity contribution in [3.8, 4) is 5.75 Å². The van der Waals surface area contributed by atoms with E-state index in [4.69, 9.17) is 4.74 Å². The van der Waals surface area contributed by atoms with Crippen LogP contribution in [0.5, 0.6) is 5.75 Å². The minimum atomic E-state index is -3.93. The van der Waals surface area contributed by atoms with Crippen LogP contribution in [-0.2, 0) is 16.6 Å². The van der Waals surface area contributed by atoms with Gasteiger partial charge in [-0.25, -0.2) is 12.8 Å². The molecule has 3 aromatic rings. The molecule has 0 aliphatic carbocycles. The van der Waals surface area contributed by atoms with Crippen molar-refractivity contribution < 1.29 is 22.3 Å². The summed E-state index contributed by atoms with van der Waals surface area (Å²) in [5.41, 5.74) is 0.809. The molecule has 0 aromatic heterocycles. The van der Waals surface area contributed by atoms with Crippen LogP contribution < -0.4 is 14.8 Å². The maximum atomic E-state index is 13.7. The largest absolute Gasteiger partial charge is 0.496 e. The van der Waals surface area contributed by atoms with Gasteiger partial charge in [0.1, 0.15) is 11.6 Å². The Morgan fingerprint density at radius 2 is 1.83 bits per heavy atom. The van der Waals surface area contributed by atoms with Crippen LogP contribution in [0, 0.1) is 5.82 Å². The van der Waals surface area contributed by atoms with Crippen LogP contribution >= 0.6 is 15.9 Å². The molecule has 0 atom stereocenters. The predicted molar refractivity (Wildman–Crippen MR) is 116 cm³/mol. The second-order valence-electron chi connectivity index (χ2n) is 6.26. The number of hydrogen-bond donors (Lipinski definition) is 2. The summed E-state index contributed by atoms with van der Waals surface area (Å²) in [6.45, 7) is -0.0133. The van der Waals surface area contributed by atoms with E-state index in [2.05, 4.69) is 26.0 Å². The summed E-state index contributed by atoms with van der Waals surface area (Å²) in [4.78, 5) is 12.3. The van der Waals surface area contributed by atoms with Gasteiger partial charge in [-0.15, -0.1) is 0 Å². The molecule has 1 amide bonds. The Bertz CT molecular complexity index is 1190. The van der Waals surface area contributed by atoms with Crippen LogP contribution in [0.4, 0.5) is 10.1 Å². The Morgan fingerprint density at radius 1 is 1.07 bits per heavy atom. The zero-order chi connectivity index (χ0) is 21.7. The van der Waals surface area contributed by atoms with Crippen molar-refractivity contribution in [2.75, 3.05) is 11.8 Å². The molecule has 0 saturated carbocycles. The second-order valence-corrected chi connectivity index (χ2v) is 8.79. The number of halogens is 2. The molecule has 0 unspecified atom stereocenters. The van der Waals surface area contributed by atoms with Crippen LogP contribution in [0.1, 0.15) is 15.9 Å². The highest BCUT2D eigenvalue weighted by Gasteiger charge is 2.17. The van der Waals surface area contributed by atoms with Crippen molar-refractivity contribution >= 4 is 37.5 Å². The van der Waals surface area contributed by atoms with E-state index in [1.165, 1.54) is 37.4 Å². The summed E-state index contributed by atoms with van der Waals surface area (Å²) in [6.07, 6.45) is 0. The molecule has 0 spiro atoms. The molecule has 0 bridgehead atoms. The Hall–Kier alpha value is -2.91. The van der Waals surface area contributed by atoms with Crippen LogP contribution in [0.2, 0.25) is 0 Å². The lowest BCUT2D eigenvalue weighted by Crippen LogP contribution is -2.23.